The SMILES string of the molecule is CN1CCN(CC(=O)c2cc(Cl)sc2Cl)C(C)(C)C1=O. The van der Waals surface area contributed by atoms with Crippen molar-refractivity contribution < 1.29 is 9.59 Å². The number of ketones is 1. The van der Waals surface area contributed by atoms with E-state index < -0.39 is 5.54 Å². The van der Waals surface area contributed by atoms with Crippen LogP contribution < -0.4 is 0 Å². The molecule has 1 aliphatic rings. The van der Waals surface area contributed by atoms with Crippen molar-refractivity contribution >= 4 is 46.2 Å². The second-order valence-corrected chi connectivity index (χ2v) is 7.65. The van der Waals surface area contributed by atoms with E-state index in [1.165, 1.54) is 11.3 Å². The molecule has 1 saturated heterocycles. The molecule has 0 aromatic carbocycles. The molecule has 0 saturated carbocycles. The van der Waals surface area contributed by atoms with Gasteiger partial charge in [0, 0.05) is 20.1 Å². The molecule has 0 spiro atoms. The molecular weight excluding hydrogens is 319 g/mol. The molecule has 1 aliphatic heterocycles. The molecule has 0 unspecified atom stereocenters. The van der Waals surface area contributed by atoms with Crippen LogP contribution in [0.15, 0.2) is 6.07 Å². The Bertz CT molecular complexity index is 557. The number of halogens is 2. The molecule has 4 nitrogen and oxygen atoms in total. The van der Waals surface area contributed by atoms with Crippen LogP contribution in [0.5, 0.6) is 0 Å². The molecule has 7 heteroatoms. The number of carbonyl (C=O) groups excluding carboxylic acids is 2. The summed E-state index contributed by atoms with van der Waals surface area (Å²) < 4.78 is 0.894. The minimum absolute atomic E-state index is 0.0194. The van der Waals surface area contributed by atoms with E-state index in [4.69, 9.17) is 23.2 Å². The van der Waals surface area contributed by atoms with E-state index in [0.717, 1.165) is 0 Å². The minimum atomic E-state index is -0.686. The highest BCUT2D eigenvalue weighted by Crippen LogP contribution is 2.32. The maximum atomic E-state index is 12.3. The van der Waals surface area contributed by atoms with Crippen LogP contribution in [0.25, 0.3) is 0 Å². The predicted octanol–water partition coefficient (Wildman–Crippen LogP) is 2.79. The normalized spacial score (nSPS) is 19.4. The van der Waals surface area contributed by atoms with Crippen LogP contribution in [0.3, 0.4) is 0 Å². The van der Waals surface area contributed by atoms with E-state index in [1.807, 2.05) is 18.7 Å². The largest absolute Gasteiger partial charge is 0.343 e. The Balaban J connectivity index is 2.15. The summed E-state index contributed by atoms with van der Waals surface area (Å²) in [6.45, 7) is 5.12. The quantitative estimate of drug-likeness (QED) is 0.798. The Morgan fingerprint density at radius 1 is 1.40 bits per heavy atom. The zero-order valence-electron chi connectivity index (χ0n) is 11.6. The van der Waals surface area contributed by atoms with E-state index in [1.54, 1.807) is 18.0 Å². The minimum Gasteiger partial charge on any atom is -0.343 e. The lowest BCUT2D eigenvalue weighted by molar-refractivity contribution is -0.146. The molecule has 2 rings (SSSR count). The summed E-state index contributed by atoms with van der Waals surface area (Å²) in [6, 6.07) is 1.59. The van der Waals surface area contributed by atoms with Crippen LogP contribution in [0.2, 0.25) is 8.67 Å². The van der Waals surface area contributed by atoms with Crippen LogP contribution in [0.4, 0.5) is 0 Å². The molecule has 0 radical (unpaired) electrons. The first-order chi connectivity index (χ1) is 9.23. The summed E-state index contributed by atoms with van der Waals surface area (Å²) in [7, 11) is 1.78. The Hall–Kier alpha value is -0.620. The van der Waals surface area contributed by atoms with Gasteiger partial charge >= 0.3 is 0 Å². The zero-order chi connectivity index (χ0) is 15.1. The van der Waals surface area contributed by atoms with Crippen LogP contribution in [-0.4, -0.2) is 53.7 Å². The number of piperazine rings is 1. The third kappa shape index (κ3) is 2.86. The van der Waals surface area contributed by atoms with Gasteiger partial charge in [0.25, 0.3) is 0 Å². The summed E-state index contributed by atoms with van der Waals surface area (Å²) in [5.41, 5.74) is -0.251. The molecule has 1 aromatic rings. The van der Waals surface area contributed by atoms with Crippen molar-refractivity contribution in [1.82, 2.24) is 9.80 Å². The number of likely N-dealkylation sites (N-methyl/N-ethyl adjacent to an activating group) is 1. The fourth-order valence-electron chi connectivity index (χ4n) is 2.32. The number of thiophene rings is 1. The number of carbonyl (C=O) groups is 2. The van der Waals surface area contributed by atoms with Gasteiger partial charge in [0.1, 0.15) is 4.34 Å². The van der Waals surface area contributed by atoms with Gasteiger partial charge in [-0.2, -0.15) is 0 Å². The van der Waals surface area contributed by atoms with Crippen molar-refractivity contribution in [3.05, 3.63) is 20.3 Å². The molecule has 0 bridgehead atoms. The van der Waals surface area contributed by atoms with Gasteiger partial charge in [-0.3, -0.25) is 14.5 Å². The van der Waals surface area contributed by atoms with E-state index in [-0.39, 0.29) is 18.2 Å². The van der Waals surface area contributed by atoms with Crippen molar-refractivity contribution in [3.8, 4) is 0 Å². The zero-order valence-corrected chi connectivity index (χ0v) is 13.9. The molecule has 110 valence electrons. The Morgan fingerprint density at radius 2 is 2.05 bits per heavy atom. The fourth-order valence-corrected chi connectivity index (χ4v) is 3.82. The maximum absolute atomic E-state index is 12.3. The van der Waals surface area contributed by atoms with E-state index in [9.17, 15) is 9.59 Å². The van der Waals surface area contributed by atoms with Crippen LogP contribution in [-0.2, 0) is 4.79 Å². The first-order valence-electron chi connectivity index (χ1n) is 6.22. The molecule has 0 aliphatic carbocycles. The van der Waals surface area contributed by atoms with Crippen molar-refractivity contribution in [2.45, 2.75) is 19.4 Å². The summed E-state index contributed by atoms with van der Waals surface area (Å²) in [5, 5.41) is 0. The van der Waals surface area contributed by atoms with E-state index >= 15 is 0 Å². The van der Waals surface area contributed by atoms with Gasteiger partial charge in [0.05, 0.1) is 22.0 Å². The lowest BCUT2D eigenvalue weighted by atomic mass is 9.97. The number of hydrogen-bond donors (Lipinski definition) is 0. The molecule has 1 aromatic heterocycles. The Kier molecular flexibility index (Phi) is 4.44. The third-order valence-corrected chi connectivity index (χ3v) is 5.15. The first kappa shape index (κ1) is 15.8. The summed E-state index contributed by atoms with van der Waals surface area (Å²) in [6.07, 6.45) is 0. The molecule has 0 atom stereocenters. The standard InChI is InChI=1S/C13H16Cl2N2O2S/c1-13(2)12(19)16(3)4-5-17(13)7-9(18)8-6-10(14)20-11(8)15/h6H,4-5,7H2,1-3H3. The summed E-state index contributed by atoms with van der Waals surface area (Å²) in [4.78, 5) is 28.1. The molecule has 1 fully saturated rings. The number of rotatable bonds is 3. The summed E-state index contributed by atoms with van der Waals surface area (Å²) >= 11 is 13.0. The highest BCUT2D eigenvalue weighted by Gasteiger charge is 2.41. The van der Waals surface area contributed by atoms with Gasteiger partial charge in [-0.05, 0) is 19.9 Å². The topological polar surface area (TPSA) is 40.6 Å². The molecular formula is C13H16Cl2N2O2S. The maximum Gasteiger partial charge on any atom is 0.242 e. The fraction of sp³-hybridized carbons (Fsp3) is 0.538. The van der Waals surface area contributed by atoms with Crippen LogP contribution >= 0.6 is 34.5 Å². The van der Waals surface area contributed by atoms with Crippen molar-refractivity contribution in [1.29, 1.82) is 0 Å². The van der Waals surface area contributed by atoms with Crippen LogP contribution in [0, 0.1) is 0 Å². The molecule has 20 heavy (non-hydrogen) atoms. The van der Waals surface area contributed by atoms with Gasteiger partial charge < -0.3 is 4.90 Å². The Morgan fingerprint density at radius 3 is 2.60 bits per heavy atom. The van der Waals surface area contributed by atoms with E-state index in [0.29, 0.717) is 27.3 Å². The smallest absolute Gasteiger partial charge is 0.242 e. The third-order valence-electron chi connectivity index (χ3n) is 3.66. The second-order valence-electron chi connectivity index (χ2n) is 5.37. The van der Waals surface area contributed by atoms with Gasteiger partial charge in [0.15, 0.2) is 5.78 Å². The van der Waals surface area contributed by atoms with Crippen molar-refractivity contribution in [3.63, 3.8) is 0 Å². The highest BCUT2D eigenvalue weighted by molar-refractivity contribution is 7.20. The number of Topliss-reactive ketones (excluding diaryl/α,β-unsaturated/α-hetero) is 1. The number of hydrogen-bond acceptors (Lipinski definition) is 4. The highest BCUT2D eigenvalue weighted by atomic mass is 35.5. The molecule has 0 N–H and O–H groups in total. The lowest BCUT2D eigenvalue weighted by Crippen LogP contribution is -2.62. The number of amides is 1. The molecule has 1 amide bonds. The predicted molar refractivity (Wildman–Crippen MR) is 82.0 cm³/mol. The Labute approximate surface area is 132 Å². The monoisotopic (exact) mass is 334 g/mol. The second kappa shape index (κ2) is 5.64. The lowest BCUT2D eigenvalue weighted by Gasteiger charge is -2.44. The average molecular weight is 335 g/mol. The van der Waals surface area contributed by atoms with Gasteiger partial charge in [0.2, 0.25) is 5.91 Å². The van der Waals surface area contributed by atoms with E-state index in [2.05, 4.69) is 0 Å². The first-order valence-corrected chi connectivity index (χ1v) is 7.79. The van der Waals surface area contributed by atoms with Gasteiger partial charge in [-0.15, -0.1) is 11.3 Å². The van der Waals surface area contributed by atoms with Crippen molar-refractivity contribution in [2.75, 3.05) is 26.7 Å². The van der Waals surface area contributed by atoms with Gasteiger partial charge in [-0.1, -0.05) is 23.2 Å². The van der Waals surface area contributed by atoms with Crippen LogP contribution in [0.1, 0.15) is 24.2 Å². The number of nitrogens with zero attached hydrogens (tertiary/aromatic N) is 2. The van der Waals surface area contributed by atoms with Gasteiger partial charge in [-0.25, -0.2) is 0 Å². The summed E-state index contributed by atoms with van der Waals surface area (Å²) in [5.74, 6) is -0.0884. The van der Waals surface area contributed by atoms with Crippen molar-refractivity contribution in [2.24, 2.45) is 0 Å². The molecule has 2 heterocycles. The average Bonchev–Trinajstić information content (AvgIpc) is 2.70.